The Balaban J connectivity index is 1.31. The first-order valence-electron chi connectivity index (χ1n) is 11.6. The topological polar surface area (TPSA) is 80.0 Å². The van der Waals surface area contributed by atoms with Crippen molar-refractivity contribution in [2.75, 3.05) is 5.75 Å². The maximum Gasteiger partial charge on any atom is 0.250 e. The number of aryl methyl sites for hydroxylation is 1. The first-order valence-corrected chi connectivity index (χ1v) is 12.6. The summed E-state index contributed by atoms with van der Waals surface area (Å²) in [6.07, 6.45) is 5.63. The van der Waals surface area contributed by atoms with Gasteiger partial charge in [0.25, 0.3) is 5.56 Å². The van der Waals surface area contributed by atoms with Crippen LogP contribution in [-0.4, -0.2) is 43.9 Å². The molecular formula is C26H25FN4O2S. The van der Waals surface area contributed by atoms with Crippen LogP contribution in [0.2, 0.25) is 0 Å². The number of aromatic nitrogens is 3. The Kier molecular flexibility index (Phi) is 5.30. The monoisotopic (exact) mass is 476 g/mol. The maximum absolute atomic E-state index is 15.2. The van der Waals surface area contributed by atoms with Crippen LogP contribution in [0.5, 0.6) is 5.75 Å². The van der Waals surface area contributed by atoms with Crippen molar-refractivity contribution < 1.29 is 9.50 Å². The van der Waals surface area contributed by atoms with Gasteiger partial charge in [0, 0.05) is 53.5 Å². The molecular weight excluding hydrogens is 451 g/mol. The fourth-order valence-electron chi connectivity index (χ4n) is 5.42. The Morgan fingerprint density at radius 2 is 2.00 bits per heavy atom. The third-order valence-electron chi connectivity index (χ3n) is 7.27. The van der Waals surface area contributed by atoms with Crippen LogP contribution in [0.4, 0.5) is 4.39 Å². The molecule has 0 spiro atoms. The van der Waals surface area contributed by atoms with Gasteiger partial charge in [-0.3, -0.25) is 4.79 Å². The average molecular weight is 477 g/mol. The minimum Gasteiger partial charge on any atom is -0.507 e. The van der Waals surface area contributed by atoms with E-state index < -0.39 is 6.17 Å². The highest BCUT2D eigenvalue weighted by Crippen LogP contribution is 2.45. The Hall–Kier alpha value is -2.97. The first-order chi connectivity index (χ1) is 16.5. The number of nitrogens with zero attached hydrogens (tertiary/aromatic N) is 3. The maximum atomic E-state index is 15.2. The number of thioether (sulfide) groups is 1. The van der Waals surface area contributed by atoms with Crippen LogP contribution in [-0.2, 0) is 7.05 Å². The summed E-state index contributed by atoms with van der Waals surface area (Å²) in [6, 6.07) is 10.9. The normalized spacial score (nSPS) is 25.6. The van der Waals surface area contributed by atoms with E-state index >= 15 is 4.39 Å². The summed E-state index contributed by atoms with van der Waals surface area (Å²) in [5.74, 6) is 0.695. The number of piperidine rings is 1. The van der Waals surface area contributed by atoms with Gasteiger partial charge in [-0.2, -0.15) is 0 Å². The molecule has 1 aromatic carbocycles. The van der Waals surface area contributed by atoms with Gasteiger partial charge in [0.1, 0.15) is 17.6 Å². The number of rotatable bonds is 3. The summed E-state index contributed by atoms with van der Waals surface area (Å²) in [5, 5.41) is 23.1. The Morgan fingerprint density at radius 3 is 2.82 bits per heavy atom. The van der Waals surface area contributed by atoms with Crippen LogP contribution in [0, 0.1) is 5.92 Å². The summed E-state index contributed by atoms with van der Waals surface area (Å²) in [4.78, 5) is 12.9. The number of hydrogen-bond acceptors (Lipinski definition) is 6. The molecule has 0 radical (unpaired) electrons. The minimum absolute atomic E-state index is 0.0600. The highest BCUT2D eigenvalue weighted by Gasteiger charge is 2.44. The molecule has 0 amide bonds. The van der Waals surface area contributed by atoms with Gasteiger partial charge in [0.05, 0.1) is 5.69 Å². The Morgan fingerprint density at radius 1 is 1.15 bits per heavy atom. The SMILES string of the molecule is Cn1ccc(-c2ccc(-c3cc4c(nn3)C([C@@H]3C[C@H]5CC[C@H](N5)[C@@H]3F)=CCS4)c(O)c2)cc1=O. The number of allylic oxidation sites excluding steroid dienone is 1. The molecule has 3 aromatic rings. The second-order valence-corrected chi connectivity index (χ2v) is 10.4. The van der Waals surface area contributed by atoms with Gasteiger partial charge in [-0.1, -0.05) is 12.1 Å². The quantitative estimate of drug-likeness (QED) is 0.590. The lowest BCUT2D eigenvalue weighted by Crippen LogP contribution is -2.47. The van der Waals surface area contributed by atoms with Crippen LogP contribution >= 0.6 is 11.8 Å². The molecule has 6 nitrogen and oxygen atoms in total. The second-order valence-electron chi connectivity index (χ2n) is 9.34. The van der Waals surface area contributed by atoms with Crippen molar-refractivity contribution in [1.82, 2.24) is 20.1 Å². The smallest absolute Gasteiger partial charge is 0.250 e. The summed E-state index contributed by atoms with van der Waals surface area (Å²) in [6.45, 7) is 0. The molecule has 0 aliphatic carbocycles. The third-order valence-corrected chi connectivity index (χ3v) is 8.22. The van der Waals surface area contributed by atoms with E-state index in [0.29, 0.717) is 17.3 Å². The van der Waals surface area contributed by atoms with Crippen molar-refractivity contribution in [2.24, 2.45) is 13.0 Å². The van der Waals surface area contributed by atoms with Crippen molar-refractivity contribution in [2.45, 2.75) is 42.4 Å². The zero-order chi connectivity index (χ0) is 23.4. The van der Waals surface area contributed by atoms with E-state index in [2.05, 4.69) is 21.6 Å². The van der Waals surface area contributed by atoms with E-state index in [4.69, 9.17) is 0 Å². The Bertz CT molecular complexity index is 1370. The van der Waals surface area contributed by atoms with E-state index in [1.54, 1.807) is 43.2 Å². The van der Waals surface area contributed by atoms with E-state index in [1.165, 1.54) is 4.57 Å². The van der Waals surface area contributed by atoms with Crippen LogP contribution in [0.15, 0.2) is 58.4 Å². The summed E-state index contributed by atoms with van der Waals surface area (Å²) >= 11 is 1.66. The highest BCUT2D eigenvalue weighted by atomic mass is 32.2. The molecule has 2 fully saturated rings. The largest absolute Gasteiger partial charge is 0.507 e. The zero-order valence-electron chi connectivity index (χ0n) is 18.7. The molecule has 8 heteroatoms. The number of alkyl halides is 1. The standard InChI is InChI=1S/C26H25FN4O2S/c1-31-8-6-15(11-24(31)33)14-2-4-18(22(32)10-14)21-13-23-26(30-29-21)17(7-9-34-23)19-12-16-3-5-20(28-16)25(19)27/h2,4,6-8,10-11,13,16,19-20,25,28,32H,3,5,9,12H2,1H3/t16-,19+,20+,25-/m1/s1. The molecule has 3 aliphatic rings. The van der Waals surface area contributed by atoms with E-state index in [9.17, 15) is 9.90 Å². The first kappa shape index (κ1) is 21.6. The highest BCUT2D eigenvalue weighted by molar-refractivity contribution is 7.99. The summed E-state index contributed by atoms with van der Waals surface area (Å²) < 4.78 is 16.7. The van der Waals surface area contributed by atoms with E-state index in [-0.39, 0.29) is 23.3 Å². The molecule has 4 atom stereocenters. The number of fused-ring (bicyclic) bond motifs is 3. The lowest BCUT2D eigenvalue weighted by molar-refractivity contribution is 0.167. The number of phenols is 1. The summed E-state index contributed by atoms with van der Waals surface area (Å²) in [5.41, 5.74) is 4.27. The second kappa shape index (κ2) is 8.36. The van der Waals surface area contributed by atoms with Gasteiger partial charge < -0.3 is 15.0 Å². The van der Waals surface area contributed by atoms with Crippen molar-refractivity contribution in [3.63, 3.8) is 0 Å². The Labute approximate surface area is 200 Å². The van der Waals surface area contributed by atoms with Gasteiger partial charge >= 0.3 is 0 Å². The fourth-order valence-corrected chi connectivity index (χ4v) is 6.35. The van der Waals surface area contributed by atoms with Crippen molar-refractivity contribution >= 4 is 17.3 Å². The molecule has 6 rings (SSSR count). The number of benzene rings is 1. The molecule has 0 unspecified atom stereocenters. The van der Waals surface area contributed by atoms with Gasteiger partial charge in [-0.05, 0) is 60.2 Å². The lowest BCUT2D eigenvalue weighted by Gasteiger charge is -2.35. The van der Waals surface area contributed by atoms with Crippen LogP contribution in [0.3, 0.4) is 0 Å². The van der Waals surface area contributed by atoms with Gasteiger partial charge in [-0.25, -0.2) is 4.39 Å². The molecule has 5 heterocycles. The predicted molar refractivity (Wildman–Crippen MR) is 131 cm³/mol. The number of pyridine rings is 1. The number of halogens is 1. The predicted octanol–water partition coefficient (Wildman–Crippen LogP) is 4.18. The van der Waals surface area contributed by atoms with Gasteiger partial charge in [0.2, 0.25) is 0 Å². The van der Waals surface area contributed by atoms with E-state index in [1.807, 2.05) is 18.2 Å². The van der Waals surface area contributed by atoms with Crippen molar-refractivity contribution in [3.05, 3.63) is 64.7 Å². The van der Waals surface area contributed by atoms with Crippen molar-refractivity contribution in [3.8, 4) is 28.1 Å². The van der Waals surface area contributed by atoms with Gasteiger partial charge in [-0.15, -0.1) is 22.0 Å². The molecule has 2 saturated heterocycles. The molecule has 34 heavy (non-hydrogen) atoms. The average Bonchev–Trinajstić information content (AvgIpc) is 3.26. The third kappa shape index (κ3) is 3.65. The number of hydrogen-bond donors (Lipinski definition) is 2. The number of phenolic OH excluding ortho intramolecular Hbond substituents is 1. The molecule has 0 saturated carbocycles. The molecule has 2 aromatic heterocycles. The lowest BCUT2D eigenvalue weighted by atomic mass is 9.82. The molecule has 2 N–H and O–H groups in total. The van der Waals surface area contributed by atoms with Gasteiger partial charge in [0.15, 0.2) is 0 Å². The van der Waals surface area contributed by atoms with Crippen molar-refractivity contribution in [1.29, 1.82) is 0 Å². The van der Waals surface area contributed by atoms with E-state index in [0.717, 1.165) is 52.3 Å². The minimum atomic E-state index is -0.908. The van der Waals surface area contributed by atoms with Crippen LogP contribution in [0.1, 0.15) is 25.0 Å². The number of nitrogens with one attached hydrogen (secondary N) is 1. The number of aromatic hydroxyl groups is 1. The summed E-state index contributed by atoms with van der Waals surface area (Å²) in [7, 11) is 1.70. The molecule has 3 aliphatic heterocycles. The molecule has 2 bridgehead atoms. The zero-order valence-corrected chi connectivity index (χ0v) is 19.6. The fraction of sp³-hybridized carbons (Fsp3) is 0.346. The van der Waals surface area contributed by atoms with Crippen LogP contribution in [0.25, 0.3) is 28.0 Å². The molecule has 174 valence electrons. The van der Waals surface area contributed by atoms with Crippen LogP contribution < -0.4 is 10.9 Å².